The standard InChI is InChI=1S/C48H30N2O/c1-2-12-31(13-3-1)32-24-26-33(27-25-32)34-14-10-15-35(30-34)49-41-20-7-4-16-36(41)38-28-29-43-46(47(38)49)40-18-5-8-21-42(40)50(43)44-22-11-19-39-37-17-6-9-23-45(37)51-48(39)44/h1-30H. The fourth-order valence-electron chi connectivity index (χ4n) is 8.26. The van der Waals surface area contributed by atoms with Gasteiger partial charge in [0.2, 0.25) is 0 Å². The number of nitrogens with zero attached hydrogens (tertiary/aromatic N) is 2. The smallest absolute Gasteiger partial charge is 0.159 e. The van der Waals surface area contributed by atoms with Crippen LogP contribution >= 0.6 is 0 Å². The number of aromatic nitrogens is 2. The van der Waals surface area contributed by atoms with Gasteiger partial charge in [0.25, 0.3) is 0 Å². The second-order valence-corrected chi connectivity index (χ2v) is 13.3. The van der Waals surface area contributed by atoms with Crippen LogP contribution in [0.5, 0.6) is 0 Å². The number of para-hydroxylation sites is 4. The van der Waals surface area contributed by atoms with Crippen LogP contribution in [-0.4, -0.2) is 9.13 Å². The predicted octanol–water partition coefficient (Wildman–Crippen LogP) is 13.1. The molecule has 0 fully saturated rings. The third-order valence-corrected chi connectivity index (χ3v) is 10.5. The quantitative estimate of drug-likeness (QED) is 0.186. The maximum atomic E-state index is 6.60. The molecule has 0 amide bonds. The molecule has 0 saturated carbocycles. The van der Waals surface area contributed by atoms with Gasteiger partial charge in [-0.2, -0.15) is 0 Å². The first kappa shape index (κ1) is 28.0. The van der Waals surface area contributed by atoms with Crippen molar-refractivity contribution in [2.75, 3.05) is 0 Å². The highest BCUT2D eigenvalue weighted by atomic mass is 16.3. The summed E-state index contributed by atoms with van der Waals surface area (Å²) in [5.74, 6) is 0. The highest BCUT2D eigenvalue weighted by Crippen LogP contribution is 2.44. The molecule has 8 aromatic carbocycles. The van der Waals surface area contributed by atoms with Crippen LogP contribution in [0.2, 0.25) is 0 Å². The highest BCUT2D eigenvalue weighted by molar-refractivity contribution is 6.26. The molecule has 51 heavy (non-hydrogen) atoms. The summed E-state index contributed by atoms with van der Waals surface area (Å²) in [6.45, 7) is 0. The van der Waals surface area contributed by atoms with E-state index in [0.29, 0.717) is 0 Å². The average Bonchev–Trinajstić information content (AvgIpc) is 3.86. The molecule has 0 unspecified atom stereocenters. The fraction of sp³-hybridized carbons (Fsp3) is 0. The molecular formula is C48H30N2O. The Morgan fingerprint density at radius 2 is 0.961 bits per heavy atom. The Labute approximate surface area is 293 Å². The molecule has 3 aromatic heterocycles. The van der Waals surface area contributed by atoms with Gasteiger partial charge in [-0.1, -0.05) is 140 Å². The Kier molecular flexibility index (Phi) is 5.96. The van der Waals surface area contributed by atoms with Gasteiger partial charge in [0, 0.05) is 38.0 Å². The predicted molar refractivity (Wildman–Crippen MR) is 213 cm³/mol. The Morgan fingerprint density at radius 1 is 0.353 bits per heavy atom. The van der Waals surface area contributed by atoms with Crippen LogP contribution < -0.4 is 0 Å². The van der Waals surface area contributed by atoms with Crippen LogP contribution in [0.15, 0.2) is 186 Å². The van der Waals surface area contributed by atoms with Crippen molar-refractivity contribution in [2.24, 2.45) is 0 Å². The summed E-state index contributed by atoms with van der Waals surface area (Å²) < 4.78 is 11.5. The van der Waals surface area contributed by atoms with Crippen LogP contribution in [0.4, 0.5) is 0 Å². The van der Waals surface area contributed by atoms with E-state index in [0.717, 1.165) is 44.3 Å². The zero-order chi connectivity index (χ0) is 33.5. The van der Waals surface area contributed by atoms with Crippen LogP contribution in [0, 0.1) is 0 Å². The molecule has 0 aliphatic carbocycles. The highest BCUT2D eigenvalue weighted by Gasteiger charge is 2.22. The molecule has 11 aromatic rings. The van der Waals surface area contributed by atoms with E-state index in [1.165, 1.54) is 54.8 Å². The normalized spacial score (nSPS) is 11.9. The lowest BCUT2D eigenvalue weighted by Gasteiger charge is -2.12. The monoisotopic (exact) mass is 650 g/mol. The molecule has 3 heteroatoms. The van der Waals surface area contributed by atoms with E-state index in [4.69, 9.17) is 4.42 Å². The van der Waals surface area contributed by atoms with Crippen molar-refractivity contribution in [3.05, 3.63) is 182 Å². The van der Waals surface area contributed by atoms with E-state index in [-0.39, 0.29) is 0 Å². The largest absolute Gasteiger partial charge is 0.454 e. The van der Waals surface area contributed by atoms with Gasteiger partial charge in [-0.3, -0.25) is 0 Å². The van der Waals surface area contributed by atoms with Gasteiger partial charge >= 0.3 is 0 Å². The van der Waals surface area contributed by atoms with E-state index in [1.54, 1.807) is 0 Å². The van der Waals surface area contributed by atoms with Gasteiger partial charge in [-0.25, -0.2) is 0 Å². The van der Waals surface area contributed by atoms with Gasteiger partial charge in [0.1, 0.15) is 5.58 Å². The first-order valence-corrected chi connectivity index (χ1v) is 17.4. The first-order valence-electron chi connectivity index (χ1n) is 17.4. The summed E-state index contributed by atoms with van der Waals surface area (Å²) >= 11 is 0. The van der Waals surface area contributed by atoms with Gasteiger partial charge < -0.3 is 13.6 Å². The van der Waals surface area contributed by atoms with E-state index in [2.05, 4.69) is 185 Å². The van der Waals surface area contributed by atoms with E-state index in [1.807, 2.05) is 6.07 Å². The van der Waals surface area contributed by atoms with Gasteiger partial charge in [-0.15, -0.1) is 0 Å². The van der Waals surface area contributed by atoms with Crippen LogP contribution in [0.3, 0.4) is 0 Å². The summed E-state index contributed by atoms with van der Waals surface area (Å²) in [5.41, 5.74) is 13.5. The molecule has 3 heterocycles. The molecule has 0 N–H and O–H groups in total. The molecule has 0 spiro atoms. The number of hydrogen-bond donors (Lipinski definition) is 0. The molecule has 0 bridgehead atoms. The van der Waals surface area contributed by atoms with Crippen molar-refractivity contribution >= 4 is 65.6 Å². The minimum Gasteiger partial charge on any atom is -0.454 e. The topological polar surface area (TPSA) is 23.0 Å². The second kappa shape index (κ2) is 10.8. The molecule has 11 rings (SSSR count). The summed E-state index contributed by atoms with van der Waals surface area (Å²) in [7, 11) is 0. The van der Waals surface area contributed by atoms with E-state index in [9.17, 15) is 0 Å². The molecule has 3 nitrogen and oxygen atoms in total. The molecular weight excluding hydrogens is 621 g/mol. The fourth-order valence-corrected chi connectivity index (χ4v) is 8.26. The Bertz CT molecular complexity index is 3120. The number of fused-ring (bicyclic) bond motifs is 10. The molecule has 238 valence electrons. The van der Waals surface area contributed by atoms with Crippen LogP contribution in [0.1, 0.15) is 0 Å². The van der Waals surface area contributed by atoms with Gasteiger partial charge in [-0.05, 0) is 64.7 Å². The zero-order valence-electron chi connectivity index (χ0n) is 27.6. The third-order valence-electron chi connectivity index (χ3n) is 10.5. The number of hydrogen-bond acceptors (Lipinski definition) is 1. The summed E-state index contributed by atoms with van der Waals surface area (Å²) in [6, 6.07) is 65.4. The third kappa shape index (κ3) is 4.12. The van der Waals surface area contributed by atoms with E-state index < -0.39 is 0 Å². The lowest BCUT2D eigenvalue weighted by molar-refractivity contribution is 0.666. The van der Waals surface area contributed by atoms with E-state index >= 15 is 0 Å². The maximum absolute atomic E-state index is 6.60. The molecule has 0 aliphatic heterocycles. The van der Waals surface area contributed by atoms with Crippen molar-refractivity contribution in [3.63, 3.8) is 0 Å². The average molecular weight is 651 g/mol. The Balaban J connectivity index is 1.18. The first-order chi connectivity index (χ1) is 25.3. The minimum atomic E-state index is 0.896. The van der Waals surface area contributed by atoms with Crippen molar-refractivity contribution in [1.82, 2.24) is 9.13 Å². The number of furan rings is 1. The SMILES string of the molecule is c1ccc(-c2ccc(-c3cccc(-n4c5ccccc5c5ccc6c(c7ccccc7n6-c6cccc7c6oc6ccccc67)c54)c3)cc2)cc1. The molecule has 0 radical (unpaired) electrons. The number of rotatable bonds is 4. The van der Waals surface area contributed by atoms with Crippen molar-refractivity contribution in [3.8, 4) is 33.6 Å². The molecule has 0 aliphatic rings. The molecule has 0 saturated heterocycles. The van der Waals surface area contributed by atoms with Crippen LogP contribution in [0.25, 0.3) is 99.2 Å². The lowest BCUT2D eigenvalue weighted by Crippen LogP contribution is -1.96. The van der Waals surface area contributed by atoms with Gasteiger partial charge in [0.05, 0.1) is 27.8 Å². The minimum absolute atomic E-state index is 0.896. The van der Waals surface area contributed by atoms with Gasteiger partial charge in [0.15, 0.2) is 5.58 Å². The van der Waals surface area contributed by atoms with Crippen molar-refractivity contribution < 1.29 is 4.42 Å². The zero-order valence-corrected chi connectivity index (χ0v) is 27.6. The van der Waals surface area contributed by atoms with Crippen molar-refractivity contribution in [1.29, 1.82) is 0 Å². The summed E-state index contributed by atoms with van der Waals surface area (Å²) in [4.78, 5) is 0. The summed E-state index contributed by atoms with van der Waals surface area (Å²) in [5, 5.41) is 7.17. The number of benzene rings is 8. The molecule has 0 atom stereocenters. The maximum Gasteiger partial charge on any atom is 0.159 e. The van der Waals surface area contributed by atoms with Crippen molar-refractivity contribution in [2.45, 2.75) is 0 Å². The van der Waals surface area contributed by atoms with Crippen LogP contribution in [-0.2, 0) is 0 Å². The Morgan fingerprint density at radius 3 is 1.78 bits per heavy atom. The second-order valence-electron chi connectivity index (χ2n) is 13.3. The lowest BCUT2D eigenvalue weighted by atomic mass is 10.00. The Hall–Kier alpha value is -6.84. The summed E-state index contributed by atoms with van der Waals surface area (Å²) in [6.07, 6.45) is 0.